The molecule has 0 unspecified atom stereocenters. The average Bonchev–Trinajstić information content (AvgIpc) is 3.17. The number of hydrogen-bond acceptors (Lipinski definition) is 7. The largest absolute Gasteiger partial charge is 0.494 e. The summed E-state index contributed by atoms with van der Waals surface area (Å²) in [5, 5.41) is 0. The van der Waals surface area contributed by atoms with Crippen molar-refractivity contribution in [3.63, 3.8) is 0 Å². The Morgan fingerprint density at radius 1 is 0.500 bits per heavy atom. The van der Waals surface area contributed by atoms with E-state index in [1.54, 1.807) is 36.4 Å². The molecule has 3 aromatic rings. The van der Waals surface area contributed by atoms with Gasteiger partial charge in [0, 0.05) is 6.08 Å². The summed E-state index contributed by atoms with van der Waals surface area (Å²) in [4.78, 5) is 23.7. The molecule has 0 heterocycles. The third-order valence-electron chi connectivity index (χ3n) is 8.94. The lowest BCUT2D eigenvalue weighted by Gasteiger charge is -2.10. The first-order valence-corrected chi connectivity index (χ1v) is 19.8. The Bertz CT molecular complexity index is 1370. The molecule has 0 amide bonds. The predicted molar refractivity (Wildman–Crippen MR) is 210 cm³/mol. The number of carbonyl (C=O) groups is 2. The minimum atomic E-state index is -0.420. The lowest BCUT2D eigenvalue weighted by atomic mass is 10.1. The van der Waals surface area contributed by atoms with Crippen LogP contribution in [0.15, 0.2) is 85.5 Å². The van der Waals surface area contributed by atoms with Crippen molar-refractivity contribution in [2.24, 2.45) is 0 Å². The molecule has 3 rings (SSSR count). The normalized spacial score (nSPS) is 10.8. The fraction of sp³-hybridized carbons (Fsp3) is 0.511. The van der Waals surface area contributed by atoms with Crippen LogP contribution in [0.2, 0.25) is 0 Å². The van der Waals surface area contributed by atoms with Crippen molar-refractivity contribution in [1.82, 2.24) is 0 Å². The third-order valence-corrected chi connectivity index (χ3v) is 8.94. The molecule has 52 heavy (non-hydrogen) atoms. The van der Waals surface area contributed by atoms with Gasteiger partial charge < -0.3 is 23.7 Å². The average molecular weight is 715 g/mol. The van der Waals surface area contributed by atoms with Gasteiger partial charge in [-0.1, -0.05) is 122 Å². The van der Waals surface area contributed by atoms with E-state index < -0.39 is 5.97 Å². The molecule has 7 nitrogen and oxygen atoms in total. The highest BCUT2D eigenvalue weighted by Gasteiger charge is 2.09. The zero-order chi connectivity index (χ0) is 36.9. The molecule has 0 saturated heterocycles. The zero-order valence-corrected chi connectivity index (χ0v) is 31.6. The molecule has 0 spiro atoms. The molecule has 0 aliphatic carbocycles. The number of unbranched alkanes of at least 4 members (excludes halogenated alkanes) is 16. The van der Waals surface area contributed by atoms with Gasteiger partial charge in [-0.2, -0.15) is 0 Å². The Balaban J connectivity index is 1.21. The Hall–Kier alpha value is -4.26. The van der Waals surface area contributed by atoms with Crippen molar-refractivity contribution in [1.29, 1.82) is 0 Å². The summed E-state index contributed by atoms with van der Waals surface area (Å²) in [6.45, 7) is 7.98. The van der Waals surface area contributed by atoms with Crippen molar-refractivity contribution in [3.8, 4) is 23.0 Å². The second kappa shape index (κ2) is 27.4. The molecule has 0 bridgehead atoms. The van der Waals surface area contributed by atoms with Crippen LogP contribution < -0.4 is 18.9 Å². The maximum Gasteiger partial charge on any atom is 0.343 e. The van der Waals surface area contributed by atoms with Gasteiger partial charge in [0.25, 0.3) is 0 Å². The first-order chi connectivity index (χ1) is 25.6. The smallest absolute Gasteiger partial charge is 0.343 e. The van der Waals surface area contributed by atoms with Crippen LogP contribution in [0, 0.1) is 0 Å². The number of ether oxygens (including phenoxy) is 5. The van der Waals surface area contributed by atoms with Gasteiger partial charge in [0.05, 0.1) is 25.4 Å². The lowest BCUT2D eigenvalue weighted by Crippen LogP contribution is -2.08. The van der Waals surface area contributed by atoms with Crippen molar-refractivity contribution in [2.45, 2.75) is 129 Å². The number of esters is 2. The van der Waals surface area contributed by atoms with Gasteiger partial charge in [0.2, 0.25) is 0 Å². The van der Waals surface area contributed by atoms with Gasteiger partial charge in [-0.25, -0.2) is 9.59 Å². The van der Waals surface area contributed by atoms with Gasteiger partial charge in [0.1, 0.15) is 29.6 Å². The van der Waals surface area contributed by atoms with E-state index in [2.05, 4.69) is 13.5 Å². The minimum Gasteiger partial charge on any atom is -0.494 e. The molecule has 7 heteroatoms. The Kier molecular flexibility index (Phi) is 22.2. The second-order valence-electron chi connectivity index (χ2n) is 13.4. The van der Waals surface area contributed by atoms with Crippen LogP contribution in [0.4, 0.5) is 0 Å². The summed E-state index contributed by atoms with van der Waals surface area (Å²) in [6.07, 6.45) is 23.1. The molecule has 0 aliphatic heterocycles. The van der Waals surface area contributed by atoms with E-state index in [1.165, 1.54) is 89.5 Å². The SMILES string of the molecule is C=CC(=O)OCCCCCCCCCCCOc1ccc(C(=O)Oc2ccc(OCc3ccc(OCCCCCCCCCCC)cc3)cc2)cc1. The van der Waals surface area contributed by atoms with Crippen molar-refractivity contribution < 1.29 is 33.3 Å². The summed E-state index contributed by atoms with van der Waals surface area (Å²) in [6, 6.07) is 22.2. The Morgan fingerprint density at radius 3 is 1.40 bits per heavy atom. The molecular formula is C45H62O7. The summed E-state index contributed by atoms with van der Waals surface area (Å²) in [5.41, 5.74) is 1.52. The van der Waals surface area contributed by atoms with E-state index in [0.717, 1.165) is 55.8 Å². The van der Waals surface area contributed by atoms with E-state index >= 15 is 0 Å². The van der Waals surface area contributed by atoms with Crippen LogP contribution >= 0.6 is 0 Å². The number of rotatable bonds is 30. The van der Waals surface area contributed by atoms with Crippen LogP contribution in [0.3, 0.4) is 0 Å². The molecule has 0 aliphatic rings. The second-order valence-corrected chi connectivity index (χ2v) is 13.4. The van der Waals surface area contributed by atoms with Crippen LogP contribution in [-0.2, 0) is 16.1 Å². The number of hydrogen-bond donors (Lipinski definition) is 0. The zero-order valence-electron chi connectivity index (χ0n) is 31.6. The highest BCUT2D eigenvalue weighted by Crippen LogP contribution is 2.22. The van der Waals surface area contributed by atoms with Crippen LogP contribution in [0.1, 0.15) is 138 Å². The topological polar surface area (TPSA) is 80.3 Å². The van der Waals surface area contributed by atoms with Gasteiger partial charge >= 0.3 is 11.9 Å². The third kappa shape index (κ3) is 19.4. The Labute approximate surface area is 313 Å². The van der Waals surface area contributed by atoms with Crippen LogP contribution in [0.5, 0.6) is 23.0 Å². The fourth-order valence-corrected chi connectivity index (χ4v) is 5.77. The predicted octanol–water partition coefficient (Wildman–Crippen LogP) is 12.0. The van der Waals surface area contributed by atoms with Crippen molar-refractivity contribution in [2.75, 3.05) is 19.8 Å². The summed E-state index contributed by atoms with van der Waals surface area (Å²) < 4.78 is 28.3. The van der Waals surface area contributed by atoms with Gasteiger partial charge in [-0.15, -0.1) is 0 Å². The molecule has 3 aromatic carbocycles. The van der Waals surface area contributed by atoms with Crippen LogP contribution in [-0.4, -0.2) is 31.8 Å². The van der Waals surface area contributed by atoms with Gasteiger partial charge in [-0.3, -0.25) is 0 Å². The molecular weight excluding hydrogens is 652 g/mol. The van der Waals surface area contributed by atoms with E-state index in [0.29, 0.717) is 36.9 Å². The Morgan fingerprint density at radius 2 is 0.904 bits per heavy atom. The molecule has 0 atom stereocenters. The van der Waals surface area contributed by atoms with Gasteiger partial charge in [0.15, 0.2) is 0 Å². The van der Waals surface area contributed by atoms with E-state index in [9.17, 15) is 9.59 Å². The highest BCUT2D eigenvalue weighted by molar-refractivity contribution is 5.91. The molecule has 0 aromatic heterocycles. The van der Waals surface area contributed by atoms with Crippen molar-refractivity contribution >= 4 is 11.9 Å². The van der Waals surface area contributed by atoms with E-state index in [4.69, 9.17) is 23.7 Å². The quantitative estimate of drug-likeness (QED) is 0.0294. The van der Waals surface area contributed by atoms with Crippen molar-refractivity contribution in [3.05, 3.63) is 96.6 Å². The molecule has 0 radical (unpaired) electrons. The molecule has 0 fully saturated rings. The maximum atomic E-state index is 12.7. The van der Waals surface area contributed by atoms with Crippen LogP contribution in [0.25, 0.3) is 0 Å². The maximum absolute atomic E-state index is 12.7. The monoisotopic (exact) mass is 714 g/mol. The molecule has 0 saturated carbocycles. The number of carbonyl (C=O) groups excluding carboxylic acids is 2. The summed E-state index contributed by atoms with van der Waals surface area (Å²) >= 11 is 0. The van der Waals surface area contributed by atoms with Gasteiger partial charge in [-0.05, 0) is 85.5 Å². The lowest BCUT2D eigenvalue weighted by molar-refractivity contribution is -0.137. The highest BCUT2D eigenvalue weighted by atomic mass is 16.5. The first-order valence-electron chi connectivity index (χ1n) is 19.8. The molecule has 284 valence electrons. The van der Waals surface area contributed by atoms with E-state index in [1.807, 2.05) is 36.4 Å². The fourth-order valence-electron chi connectivity index (χ4n) is 5.77. The minimum absolute atomic E-state index is 0.343. The summed E-state index contributed by atoms with van der Waals surface area (Å²) in [7, 11) is 0. The molecule has 0 N–H and O–H groups in total. The standard InChI is InChI=1S/C45H62O7/c1-3-5-6-7-8-10-13-16-19-34-48-40-26-22-38(23-27-40)37-51-42-30-32-43(33-31-42)52-45(47)39-24-28-41(29-25-39)49-35-20-17-14-11-9-12-15-18-21-36-50-44(46)4-2/h4,22-33H,2-3,5-21,34-37H2,1H3. The number of benzene rings is 3. The van der Waals surface area contributed by atoms with E-state index in [-0.39, 0.29) is 5.97 Å². The summed E-state index contributed by atoms with van der Waals surface area (Å²) in [5.74, 6) is 2.03. The first kappa shape index (κ1) is 42.2.